The third-order valence-electron chi connectivity index (χ3n) is 4.72. The summed E-state index contributed by atoms with van der Waals surface area (Å²) in [7, 11) is 6.28. The van der Waals surface area contributed by atoms with Gasteiger partial charge < -0.3 is 24.4 Å². The van der Waals surface area contributed by atoms with E-state index in [9.17, 15) is 9.59 Å². The normalized spacial score (nSPS) is 20.2. The lowest BCUT2D eigenvalue weighted by Gasteiger charge is -2.37. The number of nitrogens with zero attached hydrogens (tertiary/aromatic N) is 1. The molecule has 3 rings (SSSR count). The van der Waals surface area contributed by atoms with Gasteiger partial charge in [0.25, 0.3) is 0 Å². The van der Waals surface area contributed by atoms with Crippen LogP contribution in [0.1, 0.15) is 30.9 Å². The second-order valence-corrected chi connectivity index (χ2v) is 6.04. The summed E-state index contributed by atoms with van der Waals surface area (Å²) < 4.78 is 16.1. The van der Waals surface area contributed by atoms with Crippen molar-refractivity contribution < 1.29 is 23.8 Å². The molecule has 1 N–H and O–H groups in total. The van der Waals surface area contributed by atoms with Crippen LogP contribution in [-0.4, -0.2) is 45.1 Å². The second-order valence-electron chi connectivity index (χ2n) is 6.04. The summed E-state index contributed by atoms with van der Waals surface area (Å²) in [6.07, 6.45) is 1.96. The van der Waals surface area contributed by atoms with Crippen molar-refractivity contribution in [1.82, 2.24) is 10.2 Å². The molecule has 0 aromatic heterocycles. The highest BCUT2D eigenvalue weighted by Crippen LogP contribution is 2.43. The van der Waals surface area contributed by atoms with E-state index in [1.807, 2.05) is 0 Å². The number of carbonyl (C=O) groups excluding carboxylic acids is 2. The van der Waals surface area contributed by atoms with Crippen LogP contribution >= 0.6 is 0 Å². The minimum atomic E-state index is -0.528. The molecule has 2 aliphatic rings. The Bertz CT molecular complexity index is 731. The summed E-state index contributed by atoms with van der Waals surface area (Å²) in [4.78, 5) is 26.5. The van der Waals surface area contributed by atoms with Crippen molar-refractivity contribution in [3.8, 4) is 17.2 Å². The number of benzene rings is 1. The predicted molar refractivity (Wildman–Crippen MR) is 91.0 cm³/mol. The maximum Gasteiger partial charge on any atom is 0.322 e. The molecule has 0 radical (unpaired) electrons. The van der Waals surface area contributed by atoms with Crippen LogP contribution in [0.5, 0.6) is 17.2 Å². The smallest absolute Gasteiger partial charge is 0.322 e. The fraction of sp³-hybridized carbons (Fsp3) is 0.444. The van der Waals surface area contributed by atoms with Crippen molar-refractivity contribution in [2.45, 2.75) is 25.3 Å². The molecule has 0 unspecified atom stereocenters. The lowest BCUT2D eigenvalue weighted by atomic mass is 9.84. The number of amides is 2. The van der Waals surface area contributed by atoms with E-state index in [1.165, 1.54) is 26.2 Å². The summed E-state index contributed by atoms with van der Waals surface area (Å²) in [5, 5.41) is 2.91. The van der Waals surface area contributed by atoms with Crippen LogP contribution in [-0.2, 0) is 4.79 Å². The minimum Gasteiger partial charge on any atom is -0.493 e. The van der Waals surface area contributed by atoms with Gasteiger partial charge >= 0.3 is 6.03 Å². The molecule has 0 saturated heterocycles. The van der Waals surface area contributed by atoms with Gasteiger partial charge in [-0.15, -0.1) is 0 Å². The van der Waals surface area contributed by atoms with Crippen LogP contribution < -0.4 is 19.5 Å². The van der Waals surface area contributed by atoms with Gasteiger partial charge in [0, 0.05) is 24.7 Å². The number of urea groups is 1. The number of rotatable bonds is 4. The Labute approximate surface area is 146 Å². The van der Waals surface area contributed by atoms with E-state index in [-0.39, 0.29) is 11.8 Å². The van der Waals surface area contributed by atoms with Gasteiger partial charge in [-0.05, 0) is 30.5 Å². The van der Waals surface area contributed by atoms with E-state index < -0.39 is 6.04 Å². The van der Waals surface area contributed by atoms with E-state index in [0.717, 1.165) is 17.7 Å². The number of ketones is 1. The molecule has 1 atom stereocenters. The van der Waals surface area contributed by atoms with E-state index in [4.69, 9.17) is 14.2 Å². The SMILES string of the molecule is COc1cc([C@@H]2NC(=O)N(C)C3=C2C(=O)CCC3)cc(OC)c1OC. The fourth-order valence-corrected chi connectivity index (χ4v) is 3.46. The second kappa shape index (κ2) is 6.66. The van der Waals surface area contributed by atoms with Crippen LogP contribution in [0.15, 0.2) is 23.4 Å². The first kappa shape index (κ1) is 17.1. The molecule has 0 spiro atoms. The number of Topliss-reactive ketones (excluding diaryl/α,β-unsaturated/α-hetero) is 1. The molecule has 134 valence electrons. The third kappa shape index (κ3) is 2.79. The predicted octanol–water partition coefficient (Wildman–Crippen LogP) is 2.42. The molecule has 2 amide bonds. The summed E-state index contributed by atoms with van der Waals surface area (Å²) in [6, 6.07) is 2.78. The molecule has 1 aromatic rings. The highest BCUT2D eigenvalue weighted by atomic mass is 16.5. The molecular formula is C18H22N2O5. The molecule has 0 bridgehead atoms. The van der Waals surface area contributed by atoms with Crippen molar-refractivity contribution in [2.24, 2.45) is 0 Å². The first-order valence-corrected chi connectivity index (χ1v) is 8.12. The number of ether oxygens (including phenoxy) is 3. The van der Waals surface area contributed by atoms with Gasteiger partial charge in [-0.1, -0.05) is 0 Å². The average Bonchev–Trinajstić information content (AvgIpc) is 2.63. The quantitative estimate of drug-likeness (QED) is 0.906. The van der Waals surface area contributed by atoms with Crippen molar-refractivity contribution in [2.75, 3.05) is 28.4 Å². The van der Waals surface area contributed by atoms with Crippen LogP contribution in [0.25, 0.3) is 0 Å². The zero-order valence-electron chi connectivity index (χ0n) is 14.8. The van der Waals surface area contributed by atoms with Gasteiger partial charge in [-0.3, -0.25) is 4.79 Å². The number of allylic oxidation sites excluding steroid dienone is 1. The molecule has 7 heteroatoms. The Hall–Kier alpha value is -2.70. The van der Waals surface area contributed by atoms with Crippen molar-refractivity contribution in [3.63, 3.8) is 0 Å². The van der Waals surface area contributed by atoms with Crippen molar-refractivity contribution in [1.29, 1.82) is 0 Å². The van der Waals surface area contributed by atoms with Crippen LogP contribution in [0.2, 0.25) is 0 Å². The van der Waals surface area contributed by atoms with Gasteiger partial charge in [0.2, 0.25) is 5.75 Å². The Morgan fingerprint density at radius 2 is 1.68 bits per heavy atom. The van der Waals surface area contributed by atoms with E-state index in [1.54, 1.807) is 19.2 Å². The van der Waals surface area contributed by atoms with Gasteiger partial charge in [-0.2, -0.15) is 0 Å². The van der Waals surface area contributed by atoms with Gasteiger partial charge in [0.05, 0.1) is 27.4 Å². The third-order valence-corrected chi connectivity index (χ3v) is 4.72. The topological polar surface area (TPSA) is 77.1 Å². The average molecular weight is 346 g/mol. The summed E-state index contributed by atoms with van der Waals surface area (Å²) in [5.74, 6) is 1.50. The zero-order chi connectivity index (χ0) is 18.1. The molecule has 0 fully saturated rings. The Morgan fingerprint density at radius 3 is 2.24 bits per heavy atom. The van der Waals surface area contributed by atoms with Gasteiger partial charge in [0.15, 0.2) is 17.3 Å². The molecule has 1 aliphatic carbocycles. The largest absolute Gasteiger partial charge is 0.493 e. The molecular weight excluding hydrogens is 324 g/mol. The minimum absolute atomic E-state index is 0.0619. The molecule has 1 aliphatic heterocycles. The summed E-state index contributed by atoms with van der Waals surface area (Å²) >= 11 is 0. The maximum atomic E-state index is 12.6. The maximum absolute atomic E-state index is 12.6. The number of nitrogens with one attached hydrogen (secondary N) is 1. The Morgan fingerprint density at radius 1 is 1.04 bits per heavy atom. The zero-order valence-corrected chi connectivity index (χ0v) is 14.8. The lowest BCUT2D eigenvalue weighted by Crippen LogP contribution is -2.47. The van der Waals surface area contributed by atoms with Gasteiger partial charge in [-0.25, -0.2) is 4.79 Å². The molecule has 25 heavy (non-hydrogen) atoms. The monoisotopic (exact) mass is 346 g/mol. The lowest BCUT2D eigenvalue weighted by molar-refractivity contribution is -0.116. The highest BCUT2D eigenvalue weighted by molar-refractivity contribution is 6.01. The molecule has 1 aromatic carbocycles. The summed E-state index contributed by atoms with van der Waals surface area (Å²) in [6.45, 7) is 0. The van der Waals surface area contributed by atoms with Crippen LogP contribution in [0.4, 0.5) is 4.79 Å². The number of carbonyl (C=O) groups is 2. The molecule has 7 nitrogen and oxygen atoms in total. The number of hydrogen-bond acceptors (Lipinski definition) is 5. The van der Waals surface area contributed by atoms with Crippen molar-refractivity contribution >= 4 is 11.8 Å². The number of hydrogen-bond donors (Lipinski definition) is 1. The highest BCUT2D eigenvalue weighted by Gasteiger charge is 2.37. The standard InChI is InChI=1S/C18H22N2O5/c1-20-11-6-5-7-12(21)15(11)16(19-18(20)22)10-8-13(23-2)17(25-4)14(9-10)24-3/h8-9,16H,5-7H2,1-4H3,(H,19,22)/t16-/m0/s1. The van der Waals surface area contributed by atoms with E-state index in [2.05, 4.69) is 5.32 Å². The van der Waals surface area contributed by atoms with Crippen LogP contribution in [0, 0.1) is 0 Å². The Balaban J connectivity index is 2.16. The molecule has 0 saturated carbocycles. The first-order chi connectivity index (χ1) is 12.0. The van der Waals surface area contributed by atoms with E-state index >= 15 is 0 Å². The van der Waals surface area contributed by atoms with Gasteiger partial charge in [0.1, 0.15) is 0 Å². The fourth-order valence-electron chi connectivity index (χ4n) is 3.46. The first-order valence-electron chi connectivity index (χ1n) is 8.12. The molecule has 1 heterocycles. The van der Waals surface area contributed by atoms with Crippen molar-refractivity contribution in [3.05, 3.63) is 29.0 Å². The number of methoxy groups -OCH3 is 3. The van der Waals surface area contributed by atoms with E-state index in [0.29, 0.717) is 35.7 Å². The summed E-state index contributed by atoms with van der Waals surface area (Å²) in [5.41, 5.74) is 2.15. The van der Waals surface area contributed by atoms with Crippen LogP contribution in [0.3, 0.4) is 0 Å². The Kier molecular flexibility index (Phi) is 4.57.